The third kappa shape index (κ3) is 11.2. The van der Waals surface area contributed by atoms with Crippen LogP contribution in [0.15, 0.2) is 36.4 Å². The molecule has 41 heavy (non-hydrogen) atoms. The van der Waals surface area contributed by atoms with Crippen LogP contribution in [0.5, 0.6) is 0 Å². The van der Waals surface area contributed by atoms with Gasteiger partial charge in [-0.2, -0.15) is 0 Å². The number of halogens is 1. The van der Waals surface area contributed by atoms with Gasteiger partial charge in [-0.1, -0.05) is 70.0 Å². The van der Waals surface area contributed by atoms with Crippen LogP contribution < -0.4 is 21.3 Å². The van der Waals surface area contributed by atoms with Gasteiger partial charge < -0.3 is 26.0 Å². The molecule has 4 atom stereocenters. The van der Waals surface area contributed by atoms with Crippen molar-refractivity contribution < 1.29 is 28.7 Å². The second kappa shape index (κ2) is 16.8. The smallest absolute Gasteiger partial charge is 0.328 e. The minimum absolute atomic E-state index is 0.0749. The summed E-state index contributed by atoms with van der Waals surface area (Å²) in [5.74, 6) is -2.53. The quantitative estimate of drug-likeness (QED) is 0.308. The van der Waals surface area contributed by atoms with Crippen molar-refractivity contribution in [3.8, 4) is 0 Å². The van der Waals surface area contributed by atoms with Gasteiger partial charge in [-0.15, -0.1) is 0 Å². The molecule has 0 spiro atoms. The molecule has 10 nitrogen and oxygen atoms in total. The number of carbonyl (C=O) groups is 5. The van der Waals surface area contributed by atoms with Crippen molar-refractivity contribution in [1.82, 2.24) is 21.3 Å². The van der Waals surface area contributed by atoms with Gasteiger partial charge in [-0.25, -0.2) is 9.59 Å². The SMILES string of the molecule is COC(=O)[C@@H](NC(=O)N[C@H](C(=O)C[C@H]1CCCCNC(=O)/C=C/[C@H](Cc2ccccc2Cl)NC1=O)C(C)C)C(C)C. The Bertz CT molecular complexity index is 1110. The standard InChI is InChI=1S/C30H43ClN4O6/c1-18(2)26(34-30(40)35-27(19(3)4)29(39)41-5)24(36)17-21-11-8-9-15-32-25(37)14-13-22(33-28(21)38)16-20-10-6-7-12-23(20)31/h6-7,10,12-14,18-19,21-22,26-27H,8-9,11,15-17H2,1-5H3,(H,32,37)(H,33,38)(H2,34,35,40)/b14-13+/t21-,22-,26+,27+/m1/s1. The molecule has 1 heterocycles. The Morgan fingerprint density at radius 1 is 1.02 bits per heavy atom. The highest BCUT2D eigenvalue weighted by atomic mass is 35.5. The number of nitrogens with one attached hydrogen (secondary N) is 4. The van der Waals surface area contributed by atoms with E-state index in [1.807, 2.05) is 18.2 Å². The molecule has 0 fully saturated rings. The molecule has 0 bridgehead atoms. The van der Waals surface area contributed by atoms with Crippen LogP contribution in [0.4, 0.5) is 4.79 Å². The molecule has 0 saturated carbocycles. The van der Waals surface area contributed by atoms with Crippen molar-refractivity contribution in [1.29, 1.82) is 0 Å². The lowest BCUT2D eigenvalue weighted by molar-refractivity contribution is -0.144. The van der Waals surface area contributed by atoms with Crippen molar-refractivity contribution in [2.24, 2.45) is 17.8 Å². The molecule has 0 unspecified atom stereocenters. The lowest BCUT2D eigenvalue weighted by Gasteiger charge is -2.27. The average molecular weight is 591 g/mol. The number of ketones is 1. The number of hydrogen-bond acceptors (Lipinski definition) is 6. The molecule has 2 rings (SSSR count). The van der Waals surface area contributed by atoms with Gasteiger partial charge >= 0.3 is 12.0 Å². The van der Waals surface area contributed by atoms with Crippen LogP contribution in [-0.4, -0.2) is 61.4 Å². The first-order valence-corrected chi connectivity index (χ1v) is 14.5. The summed E-state index contributed by atoms with van der Waals surface area (Å²) in [4.78, 5) is 64.0. The molecular weight excluding hydrogens is 548 g/mol. The topological polar surface area (TPSA) is 143 Å². The van der Waals surface area contributed by atoms with Crippen molar-refractivity contribution in [2.75, 3.05) is 13.7 Å². The van der Waals surface area contributed by atoms with Crippen LogP contribution in [0.1, 0.15) is 58.9 Å². The fraction of sp³-hybridized carbons (Fsp3) is 0.567. The largest absolute Gasteiger partial charge is 0.467 e. The van der Waals surface area contributed by atoms with Crippen molar-refractivity contribution in [2.45, 2.75) is 77.9 Å². The second-order valence-corrected chi connectivity index (χ2v) is 11.4. The molecule has 4 amide bonds. The van der Waals surface area contributed by atoms with Crippen LogP contribution in [0, 0.1) is 17.8 Å². The summed E-state index contributed by atoms with van der Waals surface area (Å²) in [5, 5.41) is 11.7. The van der Waals surface area contributed by atoms with E-state index in [4.69, 9.17) is 16.3 Å². The number of carbonyl (C=O) groups excluding carboxylic acids is 5. The maximum atomic E-state index is 13.5. The van der Waals surface area contributed by atoms with E-state index < -0.39 is 36.0 Å². The van der Waals surface area contributed by atoms with Crippen molar-refractivity contribution in [3.05, 3.63) is 47.0 Å². The van der Waals surface area contributed by atoms with Crippen LogP contribution in [0.2, 0.25) is 5.02 Å². The number of benzene rings is 1. The van der Waals surface area contributed by atoms with E-state index in [0.29, 0.717) is 37.3 Å². The lowest BCUT2D eigenvalue weighted by atomic mass is 9.88. The zero-order chi connectivity index (χ0) is 30.5. The van der Waals surface area contributed by atoms with Gasteiger partial charge in [0.25, 0.3) is 0 Å². The van der Waals surface area contributed by atoms with Gasteiger partial charge in [0.1, 0.15) is 6.04 Å². The van der Waals surface area contributed by atoms with E-state index in [1.54, 1.807) is 39.8 Å². The molecule has 4 N–H and O–H groups in total. The first-order valence-electron chi connectivity index (χ1n) is 14.1. The summed E-state index contributed by atoms with van der Waals surface area (Å²) in [6.07, 6.45) is 5.04. The summed E-state index contributed by atoms with van der Waals surface area (Å²) in [7, 11) is 1.24. The average Bonchev–Trinajstić information content (AvgIpc) is 2.92. The van der Waals surface area contributed by atoms with E-state index in [2.05, 4.69) is 21.3 Å². The number of ether oxygens (including phenoxy) is 1. The summed E-state index contributed by atoms with van der Waals surface area (Å²) in [6.45, 7) is 7.60. The first kappa shape index (κ1) is 33.8. The number of Topliss-reactive ketones (excluding diaryl/α,β-unsaturated/α-hetero) is 1. The van der Waals surface area contributed by atoms with Crippen molar-refractivity contribution in [3.63, 3.8) is 0 Å². The van der Waals surface area contributed by atoms with Gasteiger partial charge in [0.15, 0.2) is 5.78 Å². The molecule has 0 radical (unpaired) electrons. The van der Waals surface area contributed by atoms with Crippen LogP contribution >= 0.6 is 11.6 Å². The zero-order valence-corrected chi connectivity index (χ0v) is 25.3. The Morgan fingerprint density at radius 3 is 2.32 bits per heavy atom. The molecule has 1 aliphatic rings. The number of amides is 4. The molecule has 226 valence electrons. The minimum atomic E-state index is -0.872. The number of hydrogen-bond donors (Lipinski definition) is 4. The third-order valence-electron chi connectivity index (χ3n) is 7.01. The summed E-state index contributed by atoms with van der Waals surface area (Å²) >= 11 is 6.34. The summed E-state index contributed by atoms with van der Waals surface area (Å²) in [5.41, 5.74) is 0.811. The molecule has 1 aromatic rings. The number of urea groups is 1. The minimum Gasteiger partial charge on any atom is -0.467 e. The predicted octanol–water partition coefficient (Wildman–Crippen LogP) is 3.32. The second-order valence-electron chi connectivity index (χ2n) is 11.0. The highest BCUT2D eigenvalue weighted by molar-refractivity contribution is 6.31. The number of rotatable bonds is 10. The fourth-order valence-corrected chi connectivity index (χ4v) is 4.83. The molecule has 0 saturated heterocycles. The fourth-order valence-electron chi connectivity index (χ4n) is 4.62. The monoisotopic (exact) mass is 590 g/mol. The maximum Gasteiger partial charge on any atom is 0.328 e. The van der Waals surface area contributed by atoms with Gasteiger partial charge in [-0.05, 0) is 42.7 Å². The predicted molar refractivity (Wildman–Crippen MR) is 157 cm³/mol. The third-order valence-corrected chi connectivity index (χ3v) is 7.38. The molecule has 1 aliphatic heterocycles. The normalized spacial score (nSPS) is 20.5. The summed E-state index contributed by atoms with van der Waals surface area (Å²) in [6, 6.07) is 4.35. The zero-order valence-electron chi connectivity index (χ0n) is 24.5. The van der Waals surface area contributed by atoms with E-state index in [9.17, 15) is 24.0 Å². The van der Waals surface area contributed by atoms with E-state index in [1.165, 1.54) is 13.2 Å². The Morgan fingerprint density at radius 2 is 1.68 bits per heavy atom. The van der Waals surface area contributed by atoms with Crippen LogP contribution in [-0.2, 0) is 30.3 Å². The van der Waals surface area contributed by atoms with E-state index in [0.717, 1.165) is 5.56 Å². The van der Waals surface area contributed by atoms with Gasteiger partial charge in [0, 0.05) is 30.0 Å². The van der Waals surface area contributed by atoms with E-state index >= 15 is 0 Å². The molecule has 0 aliphatic carbocycles. The highest BCUT2D eigenvalue weighted by Crippen LogP contribution is 2.20. The highest BCUT2D eigenvalue weighted by Gasteiger charge is 2.32. The van der Waals surface area contributed by atoms with Gasteiger partial charge in [0.2, 0.25) is 11.8 Å². The number of methoxy groups -OCH3 is 1. The maximum absolute atomic E-state index is 13.5. The number of esters is 1. The van der Waals surface area contributed by atoms with Gasteiger partial charge in [-0.3, -0.25) is 14.4 Å². The molecule has 11 heteroatoms. The van der Waals surface area contributed by atoms with Crippen molar-refractivity contribution >= 4 is 41.2 Å². The van der Waals surface area contributed by atoms with Crippen LogP contribution in [0.25, 0.3) is 0 Å². The Hall–Kier alpha value is -3.40. The summed E-state index contributed by atoms with van der Waals surface area (Å²) < 4.78 is 4.78. The molecule has 1 aromatic carbocycles. The molecular formula is C30H43ClN4O6. The Kier molecular flexibility index (Phi) is 13.8. The van der Waals surface area contributed by atoms with Gasteiger partial charge in [0.05, 0.1) is 19.2 Å². The van der Waals surface area contributed by atoms with E-state index in [-0.39, 0.29) is 35.9 Å². The lowest BCUT2D eigenvalue weighted by Crippen LogP contribution is -2.54. The Labute approximate surface area is 247 Å². The van der Waals surface area contributed by atoms with Crippen LogP contribution in [0.3, 0.4) is 0 Å². The first-order chi connectivity index (χ1) is 19.4. The Balaban J connectivity index is 2.19. The molecule has 0 aromatic heterocycles.